The number of hydrogen-bond acceptors (Lipinski definition) is 4. The summed E-state index contributed by atoms with van der Waals surface area (Å²) in [7, 11) is 0. The molecule has 2 heterocycles. The van der Waals surface area contributed by atoms with Crippen LogP contribution in [-0.2, 0) is 4.74 Å². The van der Waals surface area contributed by atoms with Crippen LogP contribution in [0.2, 0.25) is 5.15 Å². The van der Waals surface area contributed by atoms with Gasteiger partial charge in [-0.2, -0.15) is 5.10 Å². The smallest absolute Gasteiger partial charge is 0.147 e. The molecule has 2 aromatic heterocycles. The van der Waals surface area contributed by atoms with Gasteiger partial charge in [0.15, 0.2) is 0 Å². The van der Waals surface area contributed by atoms with Gasteiger partial charge in [0.05, 0.1) is 6.20 Å². The molecule has 0 bridgehead atoms. The first-order valence-corrected chi connectivity index (χ1v) is 8.19. The molecule has 3 aromatic rings. The van der Waals surface area contributed by atoms with Crippen molar-refractivity contribution in [3.8, 4) is 11.1 Å². The minimum absolute atomic E-state index is 0.0707. The lowest BCUT2D eigenvalue weighted by molar-refractivity contribution is 0.0160. The summed E-state index contributed by atoms with van der Waals surface area (Å²) in [6.07, 6.45) is 3.76. The molecular weight excluding hydrogens is 324 g/mol. The van der Waals surface area contributed by atoms with Crippen molar-refractivity contribution < 1.29 is 4.74 Å². The number of aromatic nitrogens is 3. The molecule has 0 saturated heterocycles. The number of hydrogen-bond donors (Lipinski definition) is 1. The van der Waals surface area contributed by atoms with Gasteiger partial charge in [-0.05, 0) is 43.7 Å². The van der Waals surface area contributed by atoms with Crippen LogP contribution in [0.5, 0.6) is 0 Å². The van der Waals surface area contributed by atoms with E-state index in [0.717, 1.165) is 16.8 Å². The molecular formula is C18H19ClN4O. The van der Waals surface area contributed by atoms with Crippen molar-refractivity contribution in [2.45, 2.75) is 20.1 Å². The number of pyridine rings is 1. The molecule has 1 atom stereocenters. The van der Waals surface area contributed by atoms with Crippen LogP contribution in [0, 0.1) is 0 Å². The largest absolute Gasteiger partial charge is 0.357 e. The highest BCUT2D eigenvalue weighted by atomic mass is 35.5. The standard InChI is InChI=1S/C18H19ClN4O/c1-3-24-13(2)23-12-15(11-20-23)14-7-9-16(10-8-14)21-18-6-4-5-17(19)22-18/h4-13H,3H2,1-2H3,(H,21,22). The zero-order valence-corrected chi connectivity index (χ0v) is 14.4. The molecule has 0 amide bonds. The Hall–Kier alpha value is -2.37. The third-order valence-electron chi connectivity index (χ3n) is 3.59. The average Bonchev–Trinajstić information content (AvgIpc) is 3.06. The van der Waals surface area contributed by atoms with Gasteiger partial charge in [0, 0.05) is 24.1 Å². The second-order valence-corrected chi connectivity index (χ2v) is 5.70. The molecule has 5 nitrogen and oxygen atoms in total. The fourth-order valence-electron chi connectivity index (χ4n) is 2.38. The topological polar surface area (TPSA) is 52.0 Å². The minimum atomic E-state index is -0.0707. The lowest BCUT2D eigenvalue weighted by Gasteiger charge is -2.11. The van der Waals surface area contributed by atoms with Gasteiger partial charge in [-0.25, -0.2) is 9.67 Å². The highest BCUT2D eigenvalue weighted by molar-refractivity contribution is 6.29. The maximum Gasteiger partial charge on any atom is 0.147 e. The van der Waals surface area contributed by atoms with Gasteiger partial charge in [0.1, 0.15) is 17.2 Å². The minimum Gasteiger partial charge on any atom is -0.357 e. The molecule has 1 unspecified atom stereocenters. The molecule has 1 aromatic carbocycles. The van der Waals surface area contributed by atoms with Crippen LogP contribution in [0.3, 0.4) is 0 Å². The van der Waals surface area contributed by atoms with Crippen molar-refractivity contribution in [3.63, 3.8) is 0 Å². The first kappa shape index (κ1) is 16.5. The van der Waals surface area contributed by atoms with Crippen LogP contribution in [0.4, 0.5) is 11.5 Å². The van der Waals surface area contributed by atoms with Crippen molar-refractivity contribution in [1.29, 1.82) is 0 Å². The Morgan fingerprint density at radius 2 is 1.96 bits per heavy atom. The number of anilines is 2. The highest BCUT2D eigenvalue weighted by Gasteiger charge is 2.07. The van der Waals surface area contributed by atoms with Crippen LogP contribution in [0.15, 0.2) is 54.9 Å². The Bertz CT molecular complexity index is 801. The Labute approximate surface area is 146 Å². The summed E-state index contributed by atoms with van der Waals surface area (Å²) in [5.74, 6) is 0.716. The molecule has 124 valence electrons. The van der Waals surface area contributed by atoms with Crippen molar-refractivity contribution in [3.05, 3.63) is 60.0 Å². The molecule has 0 aliphatic heterocycles. The fraction of sp³-hybridized carbons (Fsp3) is 0.222. The molecule has 0 fully saturated rings. The second-order valence-electron chi connectivity index (χ2n) is 5.31. The maximum atomic E-state index is 5.90. The molecule has 0 radical (unpaired) electrons. The first-order valence-electron chi connectivity index (χ1n) is 7.81. The third kappa shape index (κ3) is 3.93. The Morgan fingerprint density at radius 1 is 1.17 bits per heavy atom. The molecule has 0 aliphatic carbocycles. The van der Waals surface area contributed by atoms with Crippen LogP contribution in [0.25, 0.3) is 11.1 Å². The summed E-state index contributed by atoms with van der Waals surface area (Å²) in [5.41, 5.74) is 3.09. The van der Waals surface area contributed by atoms with E-state index in [1.165, 1.54) is 0 Å². The van der Waals surface area contributed by atoms with Gasteiger partial charge in [0.2, 0.25) is 0 Å². The van der Waals surface area contributed by atoms with E-state index in [1.807, 2.05) is 67.3 Å². The number of rotatable bonds is 6. The molecule has 0 aliphatic rings. The SMILES string of the molecule is CCOC(C)n1cc(-c2ccc(Nc3cccc(Cl)n3)cc2)cn1. The summed E-state index contributed by atoms with van der Waals surface area (Å²) in [6, 6.07) is 13.6. The van der Waals surface area contributed by atoms with E-state index in [4.69, 9.17) is 16.3 Å². The quantitative estimate of drug-likeness (QED) is 0.647. The van der Waals surface area contributed by atoms with E-state index in [1.54, 1.807) is 6.07 Å². The number of benzene rings is 1. The van der Waals surface area contributed by atoms with Gasteiger partial charge in [0.25, 0.3) is 0 Å². The van der Waals surface area contributed by atoms with E-state index in [2.05, 4.69) is 15.4 Å². The van der Waals surface area contributed by atoms with Crippen molar-refractivity contribution in [2.75, 3.05) is 11.9 Å². The molecule has 0 spiro atoms. The number of ether oxygens (including phenoxy) is 1. The Balaban J connectivity index is 1.72. The number of halogens is 1. The van der Waals surface area contributed by atoms with Crippen LogP contribution < -0.4 is 5.32 Å². The zero-order valence-electron chi connectivity index (χ0n) is 13.6. The van der Waals surface area contributed by atoms with Crippen molar-refractivity contribution in [1.82, 2.24) is 14.8 Å². The summed E-state index contributed by atoms with van der Waals surface area (Å²) < 4.78 is 7.37. The van der Waals surface area contributed by atoms with Crippen LogP contribution in [0.1, 0.15) is 20.1 Å². The molecule has 6 heteroatoms. The highest BCUT2D eigenvalue weighted by Crippen LogP contribution is 2.24. The third-order valence-corrected chi connectivity index (χ3v) is 3.80. The number of nitrogens with zero attached hydrogens (tertiary/aromatic N) is 3. The van der Waals surface area contributed by atoms with Gasteiger partial charge in [-0.1, -0.05) is 29.8 Å². The summed E-state index contributed by atoms with van der Waals surface area (Å²) >= 11 is 5.90. The molecule has 24 heavy (non-hydrogen) atoms. The lowest BCUT2D eigenvalue weighted by atomic mass is 10.1. The van der Waals surface area contributed by atoms with Crippen molar-refractivity contribution in [2.24, 2.45) is 0 Å². The molecule has 0 saturated carbocycles. The summed E-state index contributed by atoms with van der Waals surface area (Å²) in [6.45, 7) is 4.61. The Morgan fingerprint density at radius 3 is 2.67 bits per heavy atom. The zero-order chi connectivity index (χ0) is 16.9. The summed E-state index contributed by atoms with van der Waals surface area (Å²) in [4.78, 5) is 4.22. The van der Waals surface area contributed by atoms with E-state index < -0.39 is 0 Å². The van der Waals surface area contributed by atoms with Crippen LogP contribution in [-0.4, -0.2) is 21.4 Å². The van der Waals surface area contributed by atoms with Gasteiger partial charge >= 0.3 is 0 Å². The fourth-order valence-corrected chi connectivity index (χ4v) is 2.54. The average molecular weight is 343 g/mol. The monoisotopic (exact) mass is 342 g/mol. The predicted molar refractivity (Wildman–Crippen MR) is 96.5 cm³/mol. The van der Waals surface area contributed by atoms with E-state index in [0.29, 0.717) is 17.6 Å². The van der Waals surface area contributed by atoms with Crippen LogP contribution >= 0.6 is 11.6 Å². The van der Waals surface area contributed by atoms with Gasteiger partial charge in [-0.3, -0.25) is 0 Å². The van der Waals surface area contributed by atoms with Crippen molar-refractivity contribution >= 4 is 23.1 Å². The lowest BCUT2D eigenvalue weighted by Crippen LogP contribution is -2.09. The van der Waals surface area contributed by atoms with Gasteiger partial charge < -0.3 is 10.1 Å². The molecule has 1 N–H and O–H groups in total. The first-order chi connectivity index (χ1) is 11.7. The number of nitrogens with one attached hydrogen (secondary N) is 1. The molecule has 3 rings (SSSR count). The maximum absolute atomic E-state index is 5.90. The van der Waals surface area contributed by atoms with E-state index in [-0.39, 0.29) is 6.23 Å². The summed E-state index contributed by atoms with van der Waals surface area (Å²) in [5, 5.41) is 8.05. The van der Waals surface area contributed by atoms with E-state index >= 15 is 0 Å². The van der Waals surface area contributed by atoms with Gasteiger partial charge in [-0.15, -0.1) is 0 Å². The Kier molecular flexibility index (Phi) is 5.13. The van der Waals surface area contributed by atoms with E-state index in [9.17, 15) is 0 Å². The second kappa shape index (κ2) is 7.47. The predicted octanol–water partition coefficient (Wildman–Crippen LogP) is 4.90. The normalized spacial score (nSPS) is 12.1.